The lowest BCUT2D eigenvalue weighted by molar-refractivity contribution is -0.125. The number of rotatable bonds is 4. The van der Waals surface area contributed by atoms with Crippen molar-refractivity contribution in [2.45, 2.75) is 6.04 Å². The van der Waals surface area contributed by atoms with E-state index in [1.807, 2.05) is 0 Å². The minimum Gasteiger partial charge on any atom is -0.383 e. The Morgan fingerprint density at radius 2 is 2.46 bits per heavy atom. The van der Waals surface area contributed by atoms with E-state index in [2.05, 4.69) is 5.32 Å². The van der Waals surface area contributed by atoms with Gasteiger partial charge in [-0.3, -0.25) is 4.79 Å². The molecule has 2 atom stereocenters. The molecule has 13 heavy (non-hydrogen) atoms. The number of hydrogen-bond acceptors (Lipinski definition) is 4. The van der Waals surface area contributed by atoms with Gasteiger partial charge in [0.05, 0.1) is 25.7 Å². The highest BCUT2D eigenvalue weighted by atomic mass is 16.5. The molecule has 0 saturated carbocycles. The summed E-state index contributed by atoms with van der Waals surface area (Å²) < 4.78 is 9.88. The van der Waals surface area contributed by atoms with E-state index in [9.17, 15) is 4.79 Å². The first-order valence-corrected chi connectivity index (χ1v) is 4.35. The second-order valence-corrected chi connectivity index (χ2v) is 3.09. The highest BCUT2D eigenvalue weighted by molar-refractivity contribution is 5.79. The molecule has 76 valence electrons. The summed E-state index contributed by atoms with van der Waals surface area (Å²) in [4.78, 5) is 11.4. The van der Waals surface area contributed by atoms with E-state index in [0.29, 0.717) is 26.4 Å². The Labute approximate surface area is 77.6 Å². The third kappa shape index (κ3) is 2.95. The summed E-state index contributed by atoms with van der Waals surface area (Å²) in [6.07, 6.45) is 0. The van der Waals surface area contributed by atoms with E-state index < -0.39 is 0 Å². The van der Waals surface area contributed by atoms with E-state index in [-0.39, 0.29) is 17.9 Å². The molecule has 1 rings (SSSR count). The fourth-order valence-electron chi connectivity index (χ4n) is 1.25. The van der Waals surface area contributed by atoms with E-state index in [0.717, 1.165) is 0 Å². The van der Waals surface area contributed by atoms with Gasteiger partial charge in [-0.2, -0.15) is 0 Å². The third-order valence-electron chi connectivity index (χ3n) is 2.07. The molecule has 0 aliphatic carbocycles. The summed E-state index contributed by atoms with van der Waals surface area (Å²) >= 11 is 0. The van der Waals surface area contributed by atoms with Crippen LogP contribution in [0.4, 0.5) is 0 Å². The van der Waals surface area contributed by atoms with Crippen molar-refractivity contribution < 1.29 is 14.3 Å². The molecule has 3 N–H and O–H groups in total. The van der Waals surface area contributed by atoms with Crippen molar-refractivity contribution in [3.05, 3.63) is 0 Å². The molecular weight excluding hydrogens is 172 g/mol. The molecule has 1 fully saturated rings. The molecule has 0 aromatic heterocycles. The van der Waals surface area contributed by atoms with Crippen LogP contribution in [0.5, 0.6) is 0 Å². The fourth-order valence-corrected chi connectivity index (χ4v) is 1.25. The molecule has 0 spiro atoms. The van der Waals surface area contributed by atoms with E-state index in [4.69, 9.17) is 15.2 Å². The van der Waals surface area contributed by atoms with Crippen molar-refractivity contribution in [1.29, 1.82) is 0 Å². The van der Waals surface area contributed by atoms with Crippen molar-refractivity contribution in [3.63, 3.8) is 0 Å². The van der Waals surface area contributed by atoms with E-state index in [1.165, 1.54) is 0 Å². The Morgan fingerprint density at radius 3 is 3.00 bits per heavy atom. The van der Waals surface area contributed by atoms with Crippen molar-refractivity contribution in [3.8, 4) is 0 Å². The van der Waals surface area contributed by atoms with Gasteiger partial charge in [0.25, 0.3) is 0 Å². The van der Waals surface area contributed by atoms with Gasteiger partial charge in [0, 0.05) is 19.7 Å². The largest absolute Gasteiger partial charge is 0.383 e. The van der Waals surface area contributed by atoms with Crippen LogP contribution in [0.1, 0.15) is 0 Å². The molecule has 1 aliphatic heterocycles. The van der Waals surface area contributed by atoms with Gasteiger partial charge in [0.1, 0.15) is 0 Å². The molecule has 1 aliphatic rings. The van der Waals surface area contributed by atoms with Gasteiger partial charge < -0.3 is 20.5 Å². The summed E-state index contributed by atoms with van der Waals surface area (Å²) in [5.74, 6) is -0.237. The molecule has 0 radical (unpaired) electrons. The maximum Gasteiger partial charge on any atom is 0.227 e. The van der Waals surface area contributed by atoms with Gasteiger partial charge >= 0.3 is 0 Å². The summed E-state index contributed by atoms with van der Waals surface area (Å²) in [6.45, 7) is 1.95. The van der Waals surface area contributed by atoms with Gasteiger partial charge in [0.2, 0.25) is 5.91 Å². The van der Waals surface area contributed by atoms with Gasteiger partial charge in [-0.05, 0) is 0 Å². The highest BCUT2D eigenvalue weighted by Crippen LogP contribution is 2.10. The van der Waals surface area contributed by atoms with Crippen molar-refractivity contribution in [2.24, 2.45) is 11.7 Å². The predicted molar refractivity (Wildman–Crippen MR) is 47.2 cm³/mol. The van der Waals surface area contributed by atoms with Crippen LogP contribution in [0.2, 0.25) is 0 Å². The number of ether oxygens (including phenoxy) is 2. The zero-order chi connectivity index (χ0) is 9.68. The van der Waals surface area contributed by atoms with Crippen LogP contribution in [-0.2, 0) is 14.3 Å². The second-order valence-electron chi connectivity index (χ2n) is 3.09. The van der Waals surface area contributed by atoms with Crippen LogP contribution >= 0.6 is 0 Å². The lowest BCUT2D eigenvalue weighted by Crippen LogP contribution is -2.41. The zero-order valence-corrected chi connectivity index (χ0v) is 7.79. The molecule has 1 saturated heterocycles. The number of amides is 1. The molecular formula is C8H16N2O3. The lowest BCUT2D eigenvalue weighted by atomic mass is 10.0. The molecule has 5 heteroatoms. The number of nitrogens with one attached hydrogen (secondary N) is 1. The van der Waals surface area contributed by atoms with Crippen molar-refractivity contribution in [1.82, 2.24) is 5.32 Å². The van der Waals surface area contributed by atoms with Crippen LogP contribution in [0.3, 0.4) is 0 Å². The summed E-state index contributed by atoms with van der Waals surface area (Å²) in [5, 5.41) is 2.73. The molecule has 0 bridgehead atoms. The Morgan fingerprint density at radius 1 is 1.69 bits per heavy atom. The van der Waals surface area contributed by atoms with Crippen LogP contribution in [0.25, 0.3) is 0 Å². The SMILES string of the molecule is COCCNC(=O)C1COCC1N. The maximum absolute atomic E-state index is 11.4. The average molecular weight is 188 g/mol. The summed E-state index contributed by atoms with van der Waals surface area (Å²) in [6, 6.07) is -0.164. The topological polar surface area (TPSA) is 73.6 Å². The quantitative estimate of drug-likeness (QED) is 0.539. The molecule has 0 aromatic rings. The highest BCUT2D eigenvalue weighted by Gasteiger charge is 2.30. The first-order valence-electron chi connectivity index (χ1n) is 4.35. The lowest BCUT2D eigenvalue weighted by Gasteiger charge is -2.12. The average Bonchev–Trinajstić information content (AvgIpc) is 2.52. The van der Waals surface area contributed by atoms with E-state index >= 15 is 0 Å². The van der Waals surface area contributed by atoms with Crippen LogP contribution < -0.4 is 11.1 Å². The molecule has 1 heterocycles. The second kappa shape index (κ2) is 5.16. The number of nitrogens with two attached hydrogens (primary N) is 1. The minimum atomic E-state index is -0.197. The molecule has 1 amide bonds. The molecule has 0 aromatic carbocycles. The smallest absolute Gasteiger partial charge is 0.227 e. The van der Waals surface area contributed by atoms with E-state index in [1.54, 1.807) is 7.11 Å². The number of carbonyl (C=O) groups excluding carboxylic acids is 1. The molecule has 2 unspecified atom stereocenters. The number of hydrogen-bond donors (Lipinski definition) is 2. The van der Waals surface area contributed by atoms with Crippen LogP contribution in [0, 0.1) is 5.92 Å². The predicted octanol–water partition coefficient (Wildman–Crippen LogP) is -1.28. The Hall–Kier alpha value is -0.650. The standard InChI is InChI=1S/C8H16N2O3/c1-12-3-2-10-8(11)6-4-13-5-7(6)9/h6-7H,2-5,9H2,1H3,(H,10,11). The Balaban J connectivity index is 2.22. The van der Waals surface area contributed by atoms with Gasteiger partial charge in [-0.25, -0.2) is 0 Å². The van der Waals surface area contributed by atoms with Gasteiger partial charge in [-0.1, -0.05) is 0 Å². The molecule has 5 nitrogen and oxygen atoms in total. The Kier molecular flexibility index (Phi) is 4.14. The van der Waals surface area contributed by atoms with Gasteiger partial charge in [0.15, 0.2) is 0 Å². The fraction of sp³-hybridized carbons (Fsp3) is 0.875. The first kappa shape index (κ1) is 10.4. The summed E-state index contributed by atoms with van der Waals surface area (Å²) in [7, 11) is 1.59. The van der Waals surface area contributed by atoms with Crippen molar-refractivity contribution >= 4 is 5.91 Å². The normalized spacial score (nSPS) is 27.5. The number of carbonyl (C=O) groups is 1. The first-order chi connectivity index (χ1) is 6.25. The van der Waals surface area contributed by atoms with Gasteiger partial charge in [-0.15, -0.1) is 0 Å². The number of methoxy groups -OCH3 is 1. The monoisotopic (exact) mass is 188 g/mol. The zero-order valence-electron chi connectivity index (χ0n) is 7.79. The van der Waals surface area contributed by atoms with Crippen molar-refractivity contribution in [2.75, 3.05) is 33.5 Å². The summed E-state index contributed by atoms with van der Waals surface area (Å²) in [5.41, 5.74) is 5.67. The Bertz CT molecular complexity index is 175. The minimum absolute atomic E-state index is 0.0398. The van der Waals surface area contributed by atoms with Crippen LogP contribution in [-0.4, -0.2) is 45.4 Å². The third-order valence-corrected chi connectivity index (χ3v) is 2.07. The van der Waals surface area contributed by atoms with Crippen LogP contribution in [0.15, 0.2) is 0 Å². The maximum atomic E-state index is 11.4.